The van der Waals surface area contributed by atoms with Crippen LogP contribution in [0, 0.1) is 5.92 Å². The third kappa shape index (κ3) is 4.97. The first-order chi connectivity index (χ1) is 9.57. The Kier molecular flexibility index (Phi) is 7.32. The molecule has 1 aliphatic rings. The largest absolute Gasteiger partial charge is 0.480 e. The van der Waals surface area contributed by atoms with Crippen molar-refractivity contribution >= 4 is 12.0 Å². The van der Waals surface area contributed by atoms with E-state index in [0.717, 1.165) is 6.42 Å². The van der Waals surface area contributed by atoms with Gasteiger partial charge < -0.3 is 24.8 Å². The van der Waals surface area contributed by atoms with Crippen LogP contribution in [0.2, 0.25) is 0 Å². The molecule has 0 saturated carbocycles. The average molecular weight is 288 g/mol. The zero-order chi connectivity index (χ0) is 15.0. The van der Waals surface area contributed by atoms with Gasteiger partial charge in [0.15, 0.2) is 0 Å². The number of urea groups is 1. The molecule has 2 atom stereocenters. The van der Waals surface area contributed by atoms with E-state index in [-0.39, 0.29) is 11.9 Å². The fourth-order valence-electron chi connectivity index (χ4n) is 2.27. The summed E-state index contributed by atoms with van der Waals surface area (Å²) in [7, 11) is 1.61. The SMILES string of the molecule is COCCOCCCNC(=O)N1CCC(C)C1C(=O)O. The Hall–Kier alpha value is -1.34. The van der Waals surface area contributed by atoms with Gasteiger partial charge >= 0.3 is 12.0 Å². The molecule has 0 bridgehead atoms. The van der Waals surface area contributed by atoms with Crippen LogP contribution in [-0.4, -0.2) is 68.1 Å². The van der Waals surface area contributed by atoms with E-state index in [1.54, 1.807) is 7.11 Å². The first-order valence-corrected chi connectivity index (χ1v) is 6.92. The van der Waals surface area contributed by atoms with Crippen molar-refractivity contribution in [2.24, 2.45) is 5.92 Å². The normalized spacial score (nSPS) is 22.0. The zero-order valence-electron chi connectivity index (χ0n) is 12.1. The van der Waals surface area contributed by atoms with Crippen molar-refractivity contribution in [1.82, 2.24) is 10.2 Å². The van der Waals surface area contributed by atoms with Crippen molar-refractivity contribution in [3.8, 4) is 0 Å². The Bertz CT molecular complexity index is 324. The summed E-state index contributed by atoms with van der Waals surface area (Å²) in [5, 5.41) is 11.9. The lowest BCUT2D eigenvalue weighted by Gasteiger charge is -2.23. The predicted octanol–water partition coefficient (Wildman–Crippen LogP) is 0.544. The van der Waals surface area contributed by atoms with Crippen molar-refractivity contribution in [1.29, 1.82) is 0 Å². The zero-order valence-corrected chi connectivity index (χ0v) is 12.1. The van der Waals surface area contributed by atoms with Crippen LogP contribution >= 0.6 is 0 Å². The molecule has 2 amide bonds. The smallest absolute Gasteiger partial charge is 0.326 e. The minimum atomic E-state index is -0.937. The number of carbonyl (C=O) groups excluding carboxylic acids is 1. The molecule has 1 heterocycles. The highest BCUT2D eigenvalue weighted by molar-refractivity contribution is 5.83. The average Bonchev–Trinajstić information content (AvgIpc) is 2.79. The van der Waals surface area contributed by atoms with Crippen molar-refractivity contribution in [2.45, 2.75) is 25.8 Å². The van der Waals surface area contributed by atoms with Gasteiger partial charge in [0.05, 0.1) is 13.2 Å². The van der Waals surface area contributed by atoms with Gasteiger partial charge in [0, 0.05) is 26.8 Å². The van der Waals surface area contributed by atoms with Crippen molar-refractivity contribution < 1.29 is 24.2 Å². The summed E-state index contributed by atoms with van der Waals surface area (Å²) < 4.78 is 10.1. The molecule has 7 heteroatoms. The molecular formula is C13H24N2O5. The van der Waals surface area contributed by atoms with E-state index >= 15 is 0 Å². The Morgan fingerprint density at radius 3 is 2.75 bits per heavy atom. The topological polar surface area (TPSA) is 88.1 Å². The number of likely N-dealkylation sites (tertiary alicyclic amines) is 1. The molecule has 20 heavy (non-hydrogen) atoms. The molecule has 7 nitrogen and oxygen atoms in total. The number of rotatable bonds is 8. The quantitative estimate of drug-likeness (QED) is 0.637. The lowest BCUT2D eigenvalue weighted by Crippen LogP contribution is -2.47. The molecule has 0 spiro atoms. The van der Waals surface area contributed by atoms with Gasteiger partial charge in [-0.15, -0.1) is 0 Å². The summed E-state index contributed by atoms with van der Waals surface area (Å²) in [5.74, 6) is -0.941. The van der Waals surface area contributed by atoms with Gasteiger partial charge in [-0.3, -0.25) is 0 Å². The number of hydrogen-bond acceptors (Lipinski definition) is 4. The number of methoxy groups -OCH3 is 1. The highest BCUT2D eigenvalue weighted by atomic mass is 16.5. The molecular weight excluding hydrogens is 264 g/mol. The second-order valence-corrected chi connectivity index (χ2v) is 4.93. The molecule has 116 valence electrons. The maximum Gasteiger partial charge on any atom is 0.326 e. The van der Waals surface area contributed by atoms with Crippen LogP contribution in [0.1, 0.15) is 19.8 Å². The van der Waals surface area contributed by atoms with Gasteiger partial charge in [-0.05, 0) is 18.8 Å². The number of nitrogens with one attached hydrogen (secondary N) is 1. The Morgan fingerprint density at radius 1 is 1.35 bits per heavy atom. The van der Waals surface area contributed by atoms with Gasteiger partial charge in [-0.1, -0.05) is 6.92 Å². The van der Waals surface area contributed by atoms with Gasteiger partial charge in [-0.25, -0.2) is 9.59 Å². The maximum atomic E-state index is 11.9. The number of carboxylic acids is 1. The van der Waals surface area contributed by atoms with Crippen molar-refractivity contribution in [3.63, 3.8) is 0 Å². The van der Waals surface area contributed by atoms with E-state index in [9.17, 15) is 9.59 Å². The van der Waals surface area contributed by atoms with E-state index in [1.165, 1.54) is 4.90 Å². The Morgan fingerprint density at radius 2 is 2.10 bits per heavy atom. The molecule has 2 N–H and O–H groups in total. The molecule has 1 aliphatic heterocycles. The minimum Gasteiger partial charge on any atom is -0.480 e. The first kappa shape index (κ1) is 16.7. The number of hydrogen-bond donors (Lipinski definition) is 2. The maximum absolute atomic E-state index is 11.9. The summed E-state index contributed by atoms with van der Waals surface area (Å²) in [6.07, 6.45) is 1.42. The molecule has 2 unspecified atom stereocenters. The van der Waals surface area contributed by atoms with Crippen molar-refractivity contribution in [3.05, 3.63) is 0 Å². The number of nitrogens with zero attached hydrogens (tertiary/aromatic N) is 1. The second kappa shape index (κ2) is 8.76. The number of carboxylic acid groups (broad SMARTS) is 1. The fourth-order valence-corrected chi connectivity index (χ4v) is 2.27. The van der Waals surface area contributed by atoms with Crippen LogP contribution in [0.25, 0.3) is 0 Å². The highest BCUT2D eigenvalue weighted by Gasteiger charge is 2.39. The molecule has 0 radical (unpaired) electrons. The van der Waals surface area contributed by atoms with Crippen LogP contribution < -0.4 is 5.32 Å². The predicted molar refractivity (Wildman–Crippen MR) is 72.6 cm³/mol. The number of ether oxygens (including phenoxy) is 2. The molecule has 1 fully saturated rings. The van der Waals surface area contributed by atoms with E-state index in [4.69, 9.17) is 14.6 Å². The monoisotopic (exact) mass is 288 g/mol. The lowest BCUT2D eigenvalue weighted by molar-refractivity contribution is -0.142. The van der Waals surface area contributed by atoms with E-state index < -0.39 is 12.0 Å². The molecule has 1 rings (SSSR count). The Balaban J connectivity index is 2.20. The lowest BCUT2D eigenvalue weighted by atomic mass is 10.0. The minimum absolute atomic E-state index is 0.00405. The first-order valence-electron chi connectivity index (χ1n) is 6.92. The van der Waals surface area contributed by atoms with Crippen LogP contribution in [0.5, 0.6) is 0 Å². The Labute approximate surface area is 119 Å². The van der Waals surface area contributed by atoms with Crippen LogP contribution in [0.4, 0.5) is 4.79 Å². The molecule has 0 aromatic heterocycles. The molecule has 0 aromatic carbocycles. The number of carbonyl (C=O) groups is 2. The standard InChI is InChI=1S/C13H24N2O5/c1-10-4-6-15(11(10)12(16)17)13(18)14-5-3-7-20-9-8-19-2/h10-11H,3-9H2,1-2H3,(H,14,18)(H,16,17). The second-order valence-electron chi connectivity index (χ2n) is 4.93. The van der Waals surface area contributed by atoms with Gasteiger partial charge in [-0.2, -0.15) is 0 Å². The summed E-state index contributed by atoms with van der Waals surface area (Å²) in [6, 6.07) is -1.02. The molecule has 1 saturated heterocycles. The third-order valence-corrected chi connectivity index (χ3v) is 3.39. The highest BCUT2D eigenvalue weighted by Crippen LogP contribution is 2.23. The van der Waals surface area contributed by atoms with Gasteiger partial charge in [0.1, 0.15) is 6.04 Å². The number of amides is 2. The van der Waals surface area contributed by atoms with Crippen LogP contribution in [0.15, 0.2) is 0 Å². The van der Waals surface area contributed by atoms with Gasteiger partial charge in [0.2, 0.25) is 0 Å². The molecule has 0 aliphatic carbocycles. The van der Waals surface area contributed by atoms with E-state index in [0.29, 0.717) is 39.3 Å². The van der Waals surface area contributed by atoms with Crippen LogP contribution in [-0.2, 0) is 14.3 Å². The fraction of sp³-hybridized carbons (Fsp3) is 0.846. The van der Waals surface area contributed by atoms with Crippen LogP contribution in [0.3, 0.4) is 0 Å². The van der Waals surface area contributed by atoms with E-state index in [2.05, 4.69) is 5.32 Å². The molecule has 0 aromatic rings. The number of aliphatic carboxylic acids is 1. The van der Waals surface area contributed by atoms with Gasteiger partial charge in [0.25, 0.3) is 0 Å². The van der Waals surface area contributed by atoms with E-state index in [1.807, 2.05) is 6.92 Å². The third-order valence-electron chi connectivity index (χ3n) is 3.39. The summed E-state index contributed by atoms with van der Waals surface area (Å²) in [5.41, 5.74) is 0. The summed E-state index contributed by atoms with van der Waals surface area (Å²) in [4.78, 5) is 24.5. The summed E-state index contributed by atoms with van der Waals surface area (Å²) >= 11 is 0. The summed E-state index contributed by atoms with van der Waals surface area (Å²) in [6.45, 7) is 4.46. The van der Waals surface area contributed by atoms with Crippen molar-refractivity contribution in [2.75, 3.05) is 40.0 Å².